The Morgan fingerprint density at radius 3 is 2.96 bits per heavy atom. The molecule has 0 saturated heterocycles. The number of anilines is 2. The van der Waals surface area contributed by atoms with Gasteiger partial charge in [0.2, 0.25) is 5.82 Å². The summed E-state index contributed by atoms with van der Waals surface area (Å²) in [5.74, 6) is 0.848. The van der Waals surface area contributed by atoms with Crippen LogP contribution in [0.5, 0.6) is 5.75 Å². The highest BCUT2D eigenvalue weighted by molar-refractivity contribution is 7.08. The van der Waals surface area contributed by atoms with Crippen molar-refractivity contribution in [2.75, 3.05) is 12.4 Å². The molecule has 4 rings (SSSR count). The average Bonchev–Trinajstić information content (AvgIpc) is 3.34. The quantitative estimate of drug-likeness (QED) is 0.565. The fourth-order valence-electron chi connectivity index (χ4n) is 2.31. The summed E-state index contributed by atoms with van der Waals surface area (Å²) in [5.41, 5.74) is 1.88. The number of halogens is 1. The van der Waals surface area contributed by atoms with E-state index >= 15 is 0 Å². The summed E-state index contributed by atoms with van der Waals surface area (Å²) in [6.07, 6.45) is 2.93. The second-order valence-corrected chi connectivity index (χ2v) is 5.97. The van der Waals surface area contributed by atoms with Gasteiger partial charge in [-0.25, -0.2) is 14.4 Å². The van der Waals surface area contributed by atoms with Crippen molar-refractivity contribution in [1.82, 2.24) is 20.1 Å². The Hall–Kier alpha value is -3.33. The van der Waals surface area contributed by atoms with Crippen molar-refractivity contribution < 1.29 is 13.7 Å². The number of benzene rings is 1. The minimum absolute atomic E-state index is 0.163. The van der Waals surface area contributed by atoms with Crippen molar-refractivity contribution in [1.29, 1.82) is 0 Å². The van der Waals surface area contributed by atoms with Crippen molar-refractivity contribution >= 4 is 22.8 Å². The van der Waals surface area contributed by atoms with Crippen molar-refractivity contribution in [2.24, 2.45) is 0 Å². The SMILES string of the molecule is COc1ccc(Nc2ncncc2-c2nc(-c3ccsc3)no2)cc1F. The molecule has 4 aromatic rings. The third kappa shape index (κ3) is 3.11. The van der Waals surface area contributed by atoms with Crippen LogP contribution in [0.15, 0.2) is 52.1 Å². The fourth-order valence-corrected chi connectivity index (χ4v) is 2.94. The largest absolute Gasteiger partial charge is 0.494 e. The molecule has 0 fully saturated rings. The highest BCUT2D eigenvalue weighted by Gasteiger charge is 2.16. The Kier molecular flexibility index (Phi) is 4.28. The Labute approximate surface area is 151 Å². The van der Waals surface area contributed by atoms with Crippen LogP contribution in [0.3, 0.4) is 0 Å². The lowest BCUT2D eigenvalue weighted by molar-refractivity contribution is 0.386. The van der Waals surface area contributed by atoms with E-state index in [2.05, 4.69) is 25.4 Å². The Balaban J connectivity index is 1.66. The van der Waals surface area contributed by atoms with Crippen molar-refractivity contribution in [3.63, 3.8) is 0 Å². The lowest BCUT2D eigenvalue weighted by Crippen LogP contribution is -1.98. The predicted molar refractivity (Wildman–Crippen MR) is 94.9 cm³/mol. The molecule has 1 N–H and O–H groups in total. The van der Waals surface area contributed by atoms with Crippen LogP contribution in [-0.4, -0.2) is 27.2 Å². The van der Waals surface area contributed by atoms with Gasteiger partial charge in [0.05, 0.1) is 7.11 Å². The van der Waals surface area contributed by atoms with Crippen LogP contribution in [0.1, 0.15) is 0 Å². The van der Waals surface area contributed by atoms with E-state index in [0.29, 0.717) is 22.9 Å². The lowest BCUT2D eigenvalue weighted by atomic mass is 10.2. The molecule has 26 heavy (non-hydrogen) atoms. The standard InChI is InChI=1S/C17H12FN5O2S/c1-24-14-3-2-11(6-13(14)18)21-16-12(7-19-9-20-16)17-22-15(23-25-17)10-4-5-26-8-10/h2-9H,1H3,(H,19,20,21). The molecule has 0 amide bonds. The molecule has 9 heteroatoms. The summed E-state index contributed by atoms with van der Waals surface area (Å²) in [6, 6.07) is 6.42. The number of hydrogen-bond donors (Lipinski definition) is 1. The monoisotopic (exact) mass is 369 g/mol. The van der Waals surface area contributed by atoms with Gasteiger partial charge in [-0.2, -0.15) is 16.3 Å². The van der Waals surface area contributed by atoms with E-state index in [-0.39, 0.29) is 11.6 Å². The van der Waals surface area contributed by atoms with Crippen LogP contribution in [0, 0.1) is 5.82 Å². The van der Waals surface area contributed by atoms with E-state index in [1.165, 1.54) is 25.6 Å². The van der Waals surface area contributed by atoms with Crippen LogP contribution in [0.25, 0.3) is 22.8 Å². The Bertz CT molecular complexity index is 1040. The summed E-state index contributed by atoms with van der Waals surface area (Å²) in [7, 11) is 1.41. The van der Waals surface area contributed by atoms with Crippen LogP contribution in [-0.2, 0) is 0 Å². The molecule has 3 aromatic heterocycles. The topological polar surface area (TPSA) is 86.0 Å². The smallest absolute Gasteiger partial charge is 0.263 e. The number of thiophene rings is 1. The number of nitrogens with zero attached hydrogens (tertiary/aromatic N) is 4. The van der Waals surface area contributed by atoms with Crippen LogP contribution in [0.4, 0.5) is 15.9 Å². The molecule has 0 aliphatic carbocycles. The molecule has 0 bridgehead atoms. The van der Waals surface area contributed by atoms with Gasteiger partial charge in [0.15, 0.2) is 11.6 Å². The van der Waals surface area contributed by atoms with Crippen LogP contribution < -0.4 is 10.1 Å². The number of ether oxygens (including phenoxy) is 1. The second-order valence-electron chi connectivity index (χ2n) is 5.19. The van der Waals surface area contributed by atoms with Crippen molar-refractivity contribution in [3.8, 4) is 28.6 Å². The van der Waals surface area contributed by atoms with Crippen molar-refractivity contribution in [3.05, 3.63) is 53.4 Å². The van der Waals surface area contributed by atoms with E-state index in [0.717, 1.165) is 5.56 Å². The number of nitrogens with one attached hydrogen (secondary N) is 1. The molecule has 0 aliphatic rings. The van der Waals surface area contributed by atoms with Gasteiger partial charge >= 0.3 is 0 Å². The molecule has 1 aromatic carbocycles. The number of hydrogen-bond acceptors (Lipinski definition) is 8. The molecule has 0 saturated carbocycles. The molecule has 0 unspecified atom stereocenters. The van der Waals surface area contributed by atoms with Gasteiger partial charge in [0, 0.05) is 28.9 Å². The molecule has 130 valence electrons. The van der Waals surface area contributed by atoms with Gasteiger partial charge in [-0.15, -0.1) is 0 Å². The van der Waals surface area contributed by atoms with E-state index < -0.39 is 5.82 Å². The van der Waals surface area contributed by atoms with Gasteiger partial charge in [0.25, 0.3) is 5.89 Å². The summed E-state index contributed by atoms with van der Waals surface area (Å²) in [5, 5.41) is 10.9. The molecule has 0 spiro atoms. The number of methoxy groups -OCH3 is 1. The van der Waals surface area contributed by atoms with E-state index in [1.54, 1.807) is 23.6 Å². The van der Waals surface area contributed by atoms with Gasteiger partial charge in [0.1, 0.15) is 17.7 Å². The molecule has 7 nitrogen and oxygen atoms in total. The maximum atomic E-state index is 13.9. The normalized spacial score (nSPS) is 10.7. The highest BCUT2D eigenvalue weighted by Crippen LogP contribution is 2.30. The van der Waals surface area contributed by atoms with E-state index in [1.807, 2.05) is 16.8 Å². The first-order chi connectivity index (χ1) is 12.7. The molecule has 3 heterocycles. The summed E-state index contributed by atoms with van der Waals surface area (Å²) in [6.45, 7) is 0. The van der Waals surface area contributed by atoms with Crippen molar-refractivity contribution in [2.45, 2.75) is 0 Å². The lowest BCUT2D eigenvalue weighted by Gasteiger charge is -2.09. The second kappa shape index (κ2) is 6.89. The zero-order valence-electron chi connectivity index (χ0n) is 13.5. The predicted octanol–water partition coefficient (Wildman–Crippen LogP) is 4.15. The molecule has 0 radical (unpaired) electrons. The summed E-state index contributed by atoms with van der Waals surface area (Å²) >= 11 is 1.54. The van der Waals surface area contributed by atoms with Gasteiger partial charge in [-0.05, 0) is 23.6 Å². The van der Waals surface area contributed by atoms with Crippen LogP contribution >= 0.6 is 11.3 Å². The average molecular weight is 369 g/mol. The maximum absolute atomic E-state index is 13.9. The molecule has 0 atom stereocenters. The fraction of sp³-hybridized carbons (Fsp3) is 0.0588. The van der Waals surface area contributed by atoms with Gasteiger partial charge in [-0.1, -0.05) is 5.16 Å². The molecule has 0 aliphatic heterocycles. The summed E-state index contributed by atoms with van der Waals surface area (Å²) < 4.78 is 24.2. The number of aromatic nitrogens is 4. The van der Waals surface area contributed by atoms with Crippen LogP contribution in [0.2, 0.25) is 0 Å². The third-order valence-corrected chi connectivity index (χ3v) is 4.25. The van der Waals surface area contributed by atoms with E-state index in [4.69, 9.17) is 9.26 Å². The molecular weight excluding hydrogens is 357 g/mol. The van der Waals surface area contributed by atoms with E-state index in [9.17, 15) is 4.39 Å². The zero-order chi connectivity index (χ0) is 17.9. The first-order valence-corrected chi connectivity index (χ1v) is 8.46. The molecular formula is C17H12FN5O2S. The summed E-state index contributed by atoms with van der Waals surface area (Å²) in [4.78, 5) is 12.6. The maximum Gasteiger partial charge on any atom is 0.263 e. The van der Waals surface area contributed by atoms with Gasteiger partial charge < -0.3 is 14.6 Å². The minimum atomic E-state index is -0.481. The first kappa shape index (κ1) is 16.2. The van der Waals surface area contributed by atoms with Gasteiger partial charge in [-0.3, -0.25) is 0 Å². The zero-order valence-corrected chi connectivity index (χ0v) is 14.3. The highest BCUT2D eigenvalue weighted by atomic mass is 32.1. The number of rotatable bonds is 5. The Morgan fingerprint density at radius 2 is 2.19 bits per heavy atom. The third-order valence-electron chi connectivity index (χ3n) is 3.56. The Morgan fingerprint density at radius 1 is 1.27 bits per heavy atom. The first-order valence-electron chi connectivity index (χ1n) is 7.52. The minimum Gasteiger partial charge on any atom is -0.494 e.